The summed E-state index contributed by atoms with van der Waals surface area (Å²) in [7, 11) is 0. The van der Waals surface area contributed by atoms with E-state index in [1.54, 1.807) is 29.4 Å². The van der Waals surface area contributed by atoms with Gasteiger partial charge in [0.2, 0.25) is 0 Å². The molecule has 7 heteroatoms. The summed E-state index contributed by atoms with van der Waals surface area (Å²) in [4.78, 5) is 24.1. The molecule has 0 spiro atoms. The normalized spacial score (nSPS) is 16.2. The predicted octanol–water partition coefficient (Wildman–Crippen LogP) is 4.29. The van der Waals surface area contributed by atoms with Crippen molar-refractivity contribution < 1.29 is 9.90 Å². The van der Waals surface area contributed by atoms with E-state index in [4.69, 9.17) is 11.6 Å². The van der Waals surface area contributed by atoms with Gasteiger partial charge in [-0.2, -0.15) is 0 Å². The second-order valence-corrected chi connectivity index (χ2v) is 8.44. The second-order valence-electron chi connectivity index (χ2n) is 7.00. The van der Waals surface area contributed by atoms with Gasteiger partial charge in [-0.3, -0.25) is 9.78 Å². The molecular formula is C21H20ClN3O2S. The van der Waals surface area contributed by atoms with E-state index in [0.29, 0.717) is 35.8 Å². The number of likely N-dealkylation sites (tertiary alicyclic amines) is 1. The number of aliphatic hydroxyl groups is 1. The number of thiazole rings is 1. The molecule has 5 nitrogen and oxygen atoms in total. The predicted molar refractivity (Wildman–Crippen MR) is 111 cm³/mol. The average molecular weight is 414 g/mol. The van der Waals surface area contributed by atoms with Crippen LogP contribution in [0.1, 0.15) is 33.8 Å². The van der Waals surface area contributed by atoms with Gasteiger partial charge in [0, 0.05) is 36.1 Å². The number of piperidine rings is 1. The van der Waals surface area contributed by atoms with Crippen molar-refractivity contribution in [2.24, 2.45) is 0 Å². The summed E-state index contributed by atoms with van der Waals surface area (Å²) in [5.41, 5.74) is 1.61. The number of halogens is 1. The van der Waals surface area contributed by atoms with Gasteiger partial charge in [-0.05, 0) is 49.6 Å². The maximum atomic E-state index is 13.0. The highest BCUT2D eigenvalue weighted by Gasteiger charge is 2.36. The van der Waals surface area contributed by atoms with E-state index < -0.39 is 5.60 Å². The summed E-state index contributed by atoms with van der Waals surface area (Å²) < 4.78 is 0. The van der Waals surface area contributed by atoms with E-state index in [1.165, 1.54) is 11.3 Å². The molecule has 0 radical (unpaired) electrons. The number of carbonyl (C=O) groups is 1. The summed E-state index contributed by atoms with van der Waals surface area (Å²) in [6.07, 6.45) is 4.43. The van der Waals surface area contributed by atoms with Crippen LogP contribution in [-0.4, -0.2) is 39.0 Å². The van der Waals surface area contributed by atoms with Crippen molar-refractivity contribution in [3.8, 4) is 10.6 Å². The molecule has 0 saturated carbocycles. The zero-order valence-corrected chi connectivity index (χ0v) is 17.0. The quantitative estimate of drug-likeness (QED) is 0.695. The van der Waals surface area contributed by atoms with Crippen LogP contribution in [0.25, 0.3) is 10.6 Å². The van der Waals surface area contributed by atoms with Crippen LogP contribution < -0.4 is 0 Å². The third-order valence-electron chi connectivity index (χ3n) is 5.18. The molecule has 4 rings (SSSR count). The number of aryl methyl sites for hydroxylation is 1. The highest BCUT2D eigenvalue weighted by atomic mass is 35.5. The Morgan fingerprint density at radius 3 is 2.43 bits per heavy atom. The Hall–Kier alpha value is -2.28. The summed E-state index contributed by atoms with van der Waals surface area (Å²) in [5.74, 6) is -0.0199. The lowest BCUT2D eigenvalue weighted by atomic mass is 9.84. The van der Waals surface area contributed by atoms with Gasteiger partial charge in [0.25, 0.3) is 5.91 Å². The van der Waals surface area contributed by atoms with Gasteiger partial charge in [0.15, 0.2) is 0 Å². The van der Waals surface area contributed by atoms with Gasteiger partial charge in [0.05, 0.1) is 11.3 Å². The number of hydrogen-bond donors (Lipinski definition) is 1. The van der Waals surface area contributed by atoms with Gasteiger partial charge < -0.3 is 10.0 Å². The van der Waals surface area contributed by atoms with Crippen molar-refractivity contribution in [1.82, 2.24) is 14.9 Å². The first-order valence-corrected chi connectivity index (χ1v) is 10.3. The molecule has 3 heterocycles. The molecule has 144 valence electrons. The van der Waals surface area contributed by atoms with Crippen molar-refractivity contribution in [3.63, 3.8) is 0 Å². The topological polar surface area (TPSA) is 66.3 Å². The standard InChI is InChI=1S/C21H20ClN3O2S/c1-14-18(28-19(24-14)15-6-10-23-11-7-15)20(26)25-12-8-21(27,9-13-25)16-2-4-17(22)5-3-16/h2-7,10-11,27H,8-9,12-13H2,1H3. The molecule has 3 aromatic rings. The van der Waals surface area contributed by atoms with Crippen LogP contribution in [0, 0.1) is 6.92 Å². The third-order valence-corrected chi connectivity index (χ3v) is 6.62. The van der Waals surface area contributed by atoms with E-state index in [0.717, 1.165) is 21.8 Å². The lowest BCUT2D eigenvalue weighted by Crippen LogP contribution is -2.45. The van der Waals surface area contributed by atoms with Gasteiger partial charge in [0.1, 0.15) is 9.88 Å². The summed E-state index contributed by atoms with van der Waals surface area (Å²) in [6, 6.07) is 11.1. The van der Waals surface area contributed by atoms with Gasteiger partial charge in [-0.15, -0.1) is 11.3 Å². The van der Waals surface area contributed by atoms with Crippen LogP contribution in [0.4, 0.5) is 0 Å². The van der Waals surface area contributed by atoms with E-state index in [2.05, 4.69) is 9.97 Å². The fourth-order valence-electron chi connectivity index (χ4n) is 3.48. The number of carbonyl (C=O) groups excluding carboxylic acids is 1. The molecular weight excluding hydrogens is 394 g/mol. The molecule has 1 fully saturated rings. The number of rotatable bonds is 3. The fraction of sp³-hybridized carbons (Fsp3) is 0.286. The van der Waals surface area contributed by atoms with Crippen molar-refractivity contribution in [3.05, 3.63) is 69.9 Å². The Kier molecular flexibility index (Phi) is 5.19. The van der Waals surface area contributed by atoms with Crippen LogP contribution in [-0.2, 0) is 5.60 Å². The molecule has 1 saturated heterocycles. The first-order chi connectivity index (χ1) is 13.5. The van der Waals surface area contributed by atoms with Crippen LogP contribution in [0.3, 0.4) is 0 Å². The zero-order chi connectivity index (χ0) is 19.7. The molecule has 0 bridgehead atoms. The fourth-order valence-corrected chi connectivity index (χ4v) is 4.65. The Bertz CT molecular complexity index is 981. The third kappa shape index (κ3) is 3.68. The minimum Gasteiger partial charge on any atom is -0.385 e. The highest BCUT2D eigenvalue weighted by molar-refractivity contribution is 7.17. The number of aromatic nitrogens is 2. The van der Waals surface area contributed by atoms with Crippen LogP contribution >= 0.6 is 22.9 Å². The lowest BCUT2D eigenvalue weighted by molar-refractivity contribution is -0.0210. The SMILES string of the molecule is Cc1nc(-c2ccncc2)sc1C(=O)N1CCC(O)(c2ccc(Cl)cc2)CC1. The van der Waals surface area contributed by atoms with Gasteiger partial charge in [-0.25, -0.2) is 4.98 Å². The summed E-state index contributed by atoms with van der Waals surface area (Å²) >= 11 is 7.35. The van der Waals surface area contributed by atoms with Crippen LogP contribution in [0.5, 0.6) is 0 Å². The molecule has 28 heavy (non-hydrogen) atoms. The maximum Gasteiger partial charge on any atom is 0.265 e. The molecule has 1 N–H and O–H groups in total. The van der Waals surface area contributed by atoms with Gasteiger partial charge in [-0.1, -0.05) is 23.7 Å². The Balaban J connectivity index is 1.49. The summed E-state index contributed by atoms with van der Waals surface area (Å²) in [5, 5.41) is 12.5. The molecule has 1 aliphatic heterocycles. The lowest BCUT2D eigenvalue weighted by Gasteiger charge is -2.38. The molecule has 0 unspecified atom stereocenters. The van der Waals surface area contributed by atoms with Crippen molar-refractivity contribution >= 4 is 28.8 Å². The first kappa shape index (κ1) is 19.1. The number of nitrogens with zero attached hydrogens (tertiary/aromatic N) is 3. The van der Waals surface area contributed by atoms with Crippen molar-refractivity contribution in [2.75, 3.05) is 13.1 Å². The van der Waals surface area contributed by atoms with Crippen molar-refractivity contribution in [1.29, 1.82) is 0 Å². The van der Waals surface area contributed by atoms with Crippen molar-refractivity contribution in [2.45, 2.75) is 25.4 Å². The van der Waals surface area contributed by atoms with E-state index >= 15 is 0 Å². The van der Waals surface area contributed by atoms with Crippen LogP contribution in [0.2, 0.25) is 5.02 Å². The Morgan fingerprint density at radius 1 is 1.14 bits per heavy atom. The van der Waals surface area contributed by atoms with E-state index in [-0.39, 0.29) is 5.91 Å². The van der Waals surface area contributed by atoms with E-state index in [9.17, 15) is 9.90 Å². The molecule has 2 aromatic heterocycles. The summed E-state index contributed by atoms with van der Waals surface area (Å²) in [6.45, 7) is 2.86. The monoisotopic (exact) mass is 413 g/mol. The molecule has 1 amide bonds. The minimum atomic E-state index is -0.924. The van der Waals surface area contributed by atoms with Crippen LogP contribution in [0.15, 0.2) is 48.8 Å². The molecule has 1 aromatic carbocycles. The largest absolute Gasteiger partial charge is 0.385 e. The average Bonchev–Trinajstić information content (AvgIpc) is 3.11. The number of pyridine rings is 1. The van der Waals surface area contributed by atoms with E-state index in [1.807, 2.05) is 31.2 Å². The Morgan fingerprint density at radius 2 is 1.79 bits per heavy atom. The van der Waals surface area contributed by atoms with Gasteiger partial charge >= 0.3 is 0 Å². The molecule has 0 aliphatic carbocycles. The minimum absolute atomic E-state index is 0.0199. The highest BCUT2D eigenvalue weighted by Crippen LogP contribution is 2.35. The number of benzene rings is 1. The molecule has 0 atom stereocenters. The second kappa shape index (κ2) is 7.62. The Labute approximate surface area is 172 Å². The zero-order valence-electron chi connectivity index (χ0n) is 15.4. The number of hydrogen-bond acceptors (Lipinski definition) is 5. The number of amides is 1. The maximum absolute atomic E-state index is 13.0. The molecule has 1 aliphatic rings. The first-order valence-electron chi connectivity index (χ1n) is 9.12. The smallest absolute Gasteiger partial charge is 0.265 e.